The van der Waals surface area contributed by atoms with Crippen molar-refractivity contribution >= 4 is 15.3 Å². The van der Waals surface area contributed by atoms with E-state index in [9.17, 15) is 3.74 Å². The first-order valence-electron chi connectivity index (χ1n) is 1.04. The van der Waals surface area contributed by atoms with Crippen LogP contribution in [-0.2, 0) is 7.47 Å². The van der Waals surface area contributed by atoms with E-state index in [2.05, 4.69) is 3.73 Å². The van der Waals surface area contributed by atoms with E-state index in [1.54, 1.807) is 0 Å². The minimum absolute atomic E-state index is 0. The summed E-state index contributed by atoms with van der Waals surface area (Å²) in [6.45, 7) is 0. The van der Waals surface area contributed by atoms with E-state index < -0.39 is 15.3 Å². The SMILES string of the molecule is CO[AsH](=O)O.N. The van der Waals surface area contributed by atoms with E-state index >= 15 is 0 Å². The topological polar surface area (TPSA) is 81.5 Å². The van der Waals surface area contributed by atoms with Crippen LogP contribution in [0.2, 0.25) is 0 Å². The summed E-state index contributed by atoms with van der Waals surface area (Å²) in [7, 11) is 1.21. The van der Waals surface area contributed by atoms with Crippen LogP contribution in [0.15, 0.2) is 0 Å². The molecule has 0 bridgehead atoms. The molecule has 1 atom stereocenters. The Hall–Kier alpha value is 0.238. The molecule has 4 nitrogen and oxygen atoms in total. The van der Waals surface area contributed by atoms with Crippen molar-refractivity contribution in [1.29, 1.82) is 0 Å². The van der Waals surface area contributed by atoms with E-state index in [1.165, 1.54) is 7.11 Å². The standard InChI is InChI=1S/CH5AsO3.H3N/c1-5-2(3)4;/h2H,1H3,(H,3,4);1H3. The average molecular weight is 157 g/mol. The van der Waals surface area contributed by atoms with Gasteiger partial charge in [0, 0.05) is 0 Å². The Morgan fingerprint density at radius 3 is 2.00 bits per heavy atom. The van der Waals surface area contributed by atoms with Crippen LogP contribution in [-0.4, -0.2) is 26.5 Å². The van der Waals surface area contributed by atoms with Gasteiger partial charge in [0.1, 0.15) is 0 Å². The van der Waals surface area contributed by atoms with Crippen molar-refractivity contribution in [2.24, 2.45) is 0 Å². The quantitative estimate of drug-likeness (QED) is 0.475. The molecule has 4 N–H and O–H groups in total. The summed E-state index contributed by atoms with van der Waals surface area (Å²) in [6.07, 6.45) is 0. The Kier molecular flexibility index (Phi) is 8.32. The maximum atomic E-state index is 9.40. The van der Waals surface area contributed by atoms with Gasteiger partial charge in [-0.2, -0.15) is 0 Å². The molecule has 0 saturated heterocycles. The molecule has 6 heavy (non-hydrogen) atoms. The van der Waals surface area contributed by atoms with Crippen molar-refractivity contribution in [2.45, 2.75) is 0 Å². The Morgan fingerprint density at radius 1 is 1.83 bits per heavy atom. The summed E-state index contributed by atoms with van der Waals surface area (Å²) in [5, 5.41) is 0. The van der Waals surface area contributed by atoms with E-state index in [4.69, 9.17) is 4.10 Å². The minimum Gasteiger partial charge on any atom is -0.344 e. The normalized spacial score (nSPS) is 12.3. The third kappa shape index (κ3) is 8.87. The molecule has 0 aliphatic carbocycles. The van der Waals surface area contributed by atoms with E-state index in [0.717, 1.165) is 0 Å². The zero-order chi connectivity index (χ0) is 4.28. The van der Waals surface area contributed by atoms with Crippen molar-refractivity contribution < 1.29 is 11.6 Å². The summed E-state index contributed by atoms with van der Waals surface area (Å²) in [5.41, 5.74) is 0. The minimum atomic E-state index is -3.11. The molecule has 0 aliphatic rings. The summed E-state index contributed by atoms with van der Waals surface area (Å²) < 4.78 is 21.1. The van der Waals surface area contributed by atoms with Crippen LogP contribution in [0.5, 0.6) is 0 Å². The monoisotopic (exact) mass is 157 g/mol. The van der Waals surface area contributed by atoms with Gasteiger partial charge in [0.25, 0.3) is 0 Å². The fourth-order valence-electron chi connectivity index (χ4n) is 0. The van der Waals surface area contributed by atoms with Gasteiger partial charge < -0.3 is 6.15 Å². The first-order chi connectivity index (χ1) is 2.27. The van der Waals surface area contributed by atoms with Crippen molar-refractivity contribution in [2.75, 3.05) is 7.11 Å². The number of rotatable bonds is 1. The van der Waals surface area contributed by atoms with Gasteiger partial charge in [-0.25, -0.2) is 0 Å². The van der Waals surface area contributed by atoms with Gasteiger partial charge in [0.05, 0.1) is 0 Å². The molecule has 0 heterocycles. The molecule has 0 fully saturated rings. The van der Waals surface area contributed by atoms with Crippen molar-refractivity contribution in [3.8, 4) is 0 Å². The maximum absolute atomic E-state index is 9.40. The molecule has 0 aliphatic heterocycles. The third-order valence-corrected chi connectivity index (χ3v) is 0.907. The molecule has 40 valence electrons. The van der Waals surface area contributed by atoms with Crippen LogP contribution in [0, 0.1) is 0 Å². The van der Waals surface area contributed by atoms with Crippen molar-refractivity contribution in [3.05, 3.63) is 0 Å². The van der Waals surface area contributed by atoms with Crippen molar-refractivity contribution in [1.82, 2.24) is 6.15 Å². The molecule has 1 unspecified atom stereocenters. The molecule has 0 radical (unpaired) electrons. The first kappa shape index (κ1) is 9.53. The molecule has 0 saturated carbocycles. The average Bonchev–Trinajstić information content (AvgIpc) is 1.38. The molecular weight excluding hydrogens is 149 g/mol. The summed E-state index contributed by atoms with van der Waals surface area (Å²) >= 11 is -3.11. The Balaban J connectivity index is 0. The fraction of sp³-hybridized carbons (Fsp3) is 1.00. The molecule has 0 aromatic rings. The molecule has 0 spiro atoms. The van der Waals surface area contributed by atoms with Crippen LogP contribution in [0.4, 0.5) is 0 Å². The van der Waals surface area contributed by atoms with Crippen molar-refractivity contribution in [3.63, 3.8) is 0 Å². The summed E-state index contributed by atoms with van der Waals surface area (Å²) in [5.74, 6) is 0. The van der Waals surface area contributed by atoms with Gasteiger partial charge in [-0.3, -0.25) is 0 Å². The molecule has 0 amide bonds. The second-order valence-electron chi connectivity index (χ2n) is 0.470. The number of hydrogen-bond donors (Lipinski definition) is 2. The predicted molar refractivity (Wildman–Crippen MR) is 22.1 cm³/mol. The fourth-order valence-corrected chi connectivity index (χ4v) is 0. The molecule has 0 rings (SSSR count). The summed E-state index contributed by atoms with van der Waals surface area (Å²) in [6, 6.07) is 0. The predicted octanol–water partition coefficient (Wildman–Crippen LogP) is -1.07. The van der Waals surface area contributed by atoms with E-state index in [0.29, 0.717) is 0 Å². The summed E-state index contributed by atoms with van der Waals surface area (Å²) in [4.78, 5) is 0. The van der Waals surface area contributed by atoms with Gasteiger partial charge in [0.2, 0.25) is 0 Å². The Morgan fingerprint density at radius 2 is 2.00 bits per heavy atom. The number of hydrogen-bond acceptors (Lipinski definition) is 3. The van der Waals surface area contributed by atoms with E-state index in [1.807, 2.05) is 0 Å². The van der Waals surface area contributed by atoms with Gasteiger partial charge in [-0.05, 0) is 0 Å². The first-order valence-corrected chi connectivity index (χ1v) is 3.69. The molecule has 0 aromatic heterocycles. The zero-order valence-corrected chi connectivity index (χ0v) is 5.57. The van der Waals surface area contributed by atoms with Crippen LogP contribution >= 0.6 is 0 Å². The Bertz CT molecular complexity index is 46.1. The third-order valence-electron chi connectivity index (χ3n) is 0.175. The Labute approximate surface area is 40.9 Å². The maximum Gasteiger partial charge on any atom is -0.344 e. The second-order valence-corrected chi connectivity index (χ2v) is 2.44. The smallest absolute Gasteiger partial charge is 0.344 e. The van der Waals surface area contributed by atoms with Gasteiger partial charge in [-0.1, -0.05) is 0 Å². The van der Waals surface area contributed by atoms with Crippen LogP contribution in [0.3, 0.4) is 0 Å². The molecule has 5 heteroatoms. The molecule has 0 aromatic carbocycles. The van der Waals surface area contributed by atoms with Gasteiger partial charge in [-0.15, -0.1) is 0 Å². The second kappa shape index (κ2) is 5.24. The van der Waals surface area contributed by atoms with Crippen LogP contribution in [0.1, 0.15) is 0 Å². The largest absolute Gasteiger partial charge is 0.344 e. The molecular formula is CH8AsNO3. The van der Waals surface area contributed by atoms with Gasteiger partial charge >= 0.3 is 33.9 Å². The van der Waals surface area contributed by atoms with Crippen LogP contribution in [0.25, 0.3) is 0 Å². The van der Waals surface area contributed by atoms with E-state index in [-0.39, 0.29) is 6.15 Å². The zero-order valence-electron chi connectivity index (χ0n) is 3.47. The van der Waals surface area contributed by atoms with Crippen LogP contribution < -0.4 is 6.15 Å². The van der Waals surface area contributed by atoms with Gasteiger partial charge in [0.15, 0.2) is 0 Å².